The SMILES string of the molecule is NC(=O)CN(CC(N)=O)C(=O)NC(=O)CCCl. The van der Waals surface area contributed by atoms with Crippen LogP contribution in [-0.4, -0.2) is 47.6 Å². The summed E-state index contributed by atoms with van der Waals surface area (Å²) in [6.07, 6.45) is -0.0612. The molecule has 0 aromatic heterocycles. The number of nitrogens with two attached hydrogens (primary N) is 2. The van der Waals surface area contributed by atoms with Gasteiger partial charge in [0.15, 0.2) is 0 Å². The lowest BCUT2D eigenvalue weighted by atomic mass is 10.4. The molecular weight excluding hydrogens is 252 g/mol. The van der Waals surface area contributed by atoms with Gasteiger partial charge in [-0.2, -0.15) is 0 Å². The number of halogens is 1. The second-order valence-electron chi connectivity index (χ2n) is 3.08. The van der Waals surface area contributed by atoms with Crippen molar-refractivity contribution in [2.45, 2.75) is 6.42 Å². The zero-order chi connectivity index (χ0) is 13.4. The molecule has 0 saturated heterocycles. The Morgan fingerprint density at radius 1 is 1.06 bits per heavy atom. The minimum atomic E-state index is -0.919. The van der Waals surface area contributed by atoms with Crippen LogP contribution in [0.15, 0.2) is 0 Å². The normalized spacial score (nSPS) is 9.47. The fourth-order valence-electron chi connectivity index (χ4n) is 0.922. The van der Waals surface area contributed by atoms with Gasteiger partial charge >= 0.3 is 6.03 Å². The summed E-state index contributed by atoms with van der Waals surface area (Å²) < 4.78 is 0. The molecule has 5 N–H and O–H groups in total. The van der Waals surface area contributed by atoms with E-state index in [1.165, 1.54) is 0 Å². The summed E-state index contributed by atoms with van der Waals surface area (Å²) in [5.74, 6) is -2.23. The maximum Gasteiger partial charge on any atom is 0.324 e. The lowest BCUT2D eigenvalue weighted by Gasteiger charge is -2.19. The molecular formula is C8H13ClN4O4. The Labute approximate surface area is 102 Å². The van der Waals surface area contributed by atoms with Crippen LogP contribution in [0.4, 0.5) is 4.79 Å². The number of alkyl halides is 1. The largest absolute Gasteiger partial charge is 0.368 e. The molecule has 0 aliphatic heterocycles. The molecule has 0 radical (unpaired) electrons. The minimum absolute atomic E-state index is 0.0464. The molecule has 0 unspecified atom stereocenters. The third-order valence-electron chi connectivity index (χ3n) is 1.55. The number of nitrogens with zero attached hydrogens (tertiary/aromatic N) is 1. The van der Waals surface area contributed by atoms with Crippen molar-refractivity contribution in [3.8, 4) is 0 Å². The molecule has 0 aromatic rings. The summed E-state index contributed by atoms with van der Waals surface area (Å²) in [5, 5.41) is 1.94. The molecule has 0 rings (SSSR count). The molecule has 0 aromatic carbocycles. The fraction of sp³-hybridized carbons (Fsp3) is 0.500. The Hall–Kier alpha value is -1.83. The second-order valence-corrected chi connectivity index (χ2v) is 3.46. The van der Waals surface area contributed by atoms with Gasteiger partial charge in [0.25, 0.3) is 0 Å². The van der Waals surface area contributed by atoms with E-state index in [9.17, 15) is 19.2 Å². The summed E-state index contributed by atoms with van der Waals surface area (Å²) in [6.45, 7) is -1.02. The average Bonchev–Trinajstić information content (AvgIpc) is 2.15. The van der Waals surface area contributed by atoms with Crippen LogP contribution >= 0.6 is 11.6 Å². The topological polar surface area (TPSA) is 136 Å². The number of imide groups is 1. The van der Waals surface area contributed by atoms with E-state index < -0.39 is 36.8 Å². The van der Waals surface area contributed by atoms with Gasteiger partial charge < -0.3 is 16.4 Å². The highest BCUT2D eigenvalue weighted by Gasteiger charge is 2.19. The Morgan fingerprint density at radius 3 is 1.88 bits per heavy atom. The minimum Gasteiger partial charge on any atom is -0.368 e. The Morgan fingerprint density at radius 2 is 1.53 bits per heavy atom. The van der Waals surface area contributed by atoms with E-state index >= 15 is 0 Å². The van der Waals surface area contributed by atoms with Crippen LogP contribution in [0.25, 0.3) is 0 Å². The van der Waals surface area contributed by atoms with Gasteiger partial charge in [0.05, 0.1) is 0 Å². The highest BCUT2D eigenvalue weighted by atomic mass is 35.5. The van der Waals surface area contributed by atoms with Crippen molar-refractivity contribution in [1.82, 2.24) is 10.2 Å². The van der Waals surface area contributed by atoms with E-state index in [2.05, 4.69) is 0 Å². The van der Waals surface area contributed by atoms with Crippen molar-refractivity contribution < 1.29 is 19.2 Å². The number of hydrogen-bond acceptors (Lipinski definition) is 4. The molecule has 0 spiro atoms. The van der Waals surface area contributed by atoms with E-state index in [1.807, 2.05) is 5.32 Å². The molecule has 0 bridgehead atoms. The van der Waals surface area contributed by atoms with E-state index in [1.54, 1.807) is 0 Å². The lowest BCUT2D eigenvalue weighted by Crippen LogP contribution is -2.49. The van der Waals surface area contributed by atoms with E-state index in [0.29, 0.717) is 0 Å². The van der Waals surface area contributed by atoms with Crippen molar-refractivity contribution in [3.05, 3.63) is 0 Å². The molecule has 0 fully saturated rings. The molecule has 17 heavy (non-hydrogen) atoms. The van der Waals surface area contributed by atoms with Gasteiger partial charge in [-0.15, -0.1) is 11.6 Å². The number of rotatable bonds is 6. The summed E-state index contributed by atoms with van der Waals surface area (Å²) in [6, 6.07) is -0.919. The maximum atomic E-state index is 11.4. The van der Waals surface area contributed by atoms with E-state index in [4.69, 9.17) is 23.1 Å². The summed E-state index contributed by atoms with van der Waals surface area (Å²) in [5.41, 5.74) is 9.76. The zero-order valence-corrected chi connectivity index (χ0v) is 9.70. The summed E-state index contributed by atoms with van der Waals surface area (Å²) in [4.78, 5) is 44.5. The number of primary amides is 2. The first-order valence-electron chi connectivity index (χ1n) is 4.58. The third-order valence-corrected chi connectivity index (χ3v) is 1.74. The first-order valence-corrected chi connectivity index (χ1v) is 5.11. The predicted molar refractivity (Wildman–Crippen MR) is 58.8 cm³/mol. The van der Waals surface area contributed by atoms with Gasteiger partial charge in [0.2, 0.25) is 17.7 Å². The van der Waals surface area contributed by atoms with Crippen LogP contribution in [0.3, 0.4) is 0 Å². The quantitative estimate of drug-likeness (QED) is 0.484. The average molecular weight is 265 g/mol. The number of urea groups is 1. The van der Waals surface area contributed by atoms with Gasteiger partial charge in [0.1, 0.15) is 13.1 Å². The zero-order valence-electron chi connectivity index (χ0n) is 8.94. The lowest BCUT2D eigenvalue weighted by molar-refractivity contribution is -0.123. The van der Waals surface area contributed by atoms with Crippen molar-refractivity contribution >= 4 is 35.4 Å². The molecule has 0 aliphatic carbocycles. The highest BCUT2D eigenvalue weighted by Crippen LogP contribution is 1.91. The van der Waals surface area contributed by atoms with Crippen LogP contribution in [-0.2, 0) is 14.4 Å². The van der Waals surface area contributed by atoms with E-state index in [-0.39, 0.29) is 12.3 Å². The van der Waals surface area contributed by atoms with Crippen LogP contribution in [0.5, 0.6) is 0 Å². The first-order chi connectivity index (χ1) is 7.86. The van der Waals surface area contributed by atoms with Gasteiger partial charge in [-0.25, -0.2) is 4.79 Å². The molecule has 8 nitrogen and oxygen atoms in total. The van der Waals surface area contributed by atoms with Crippen LogP contribution < -0.4 is 16.8 Å². The second kappa shape index (κ2) is 7.44. The fourth-order valence-corrected chi connectivity index (χ4v) is 1.09. The number of nitrogens with one attached hydrogen (secondary N) is 1. The Balaban J connectivity index is 4.46. The van der Waals surface area contributed by atoms with E-state index in [0.717, 1.165) is 4.90 Å². The van der Waals surface area contributed by atoms with Gasteiger partial charge in [-0.05, 0) is 0 Å². The standard InChI is InChI=1S/C8H13ClN4O4/c9-2-1-7(16)12-8(17)13(3-5(10)14)4-6(11)15/h1-4H2,(H2,10,14)(H2,11,15)(H,12,16,17). The van der Waals surface area contributed by atoms with Gasteiger partial charge in [-0.3, -0.25) is 19.7 Å². The van der Waals surface area contributed by atoms with Crippen LogP contribution in [0, 0.1) is 0 Å². The molecule has 0 aliphatic rings. The monoisotopic (exact) mass is 264 g/mol. The predicted octanol–water partition coefficient (Wildman–Crippen LogP) is -1.88. The Bertz CT molecular complexity index is 317. The number of carbonyl (C=O) groups excluding carboxylic acids is 4. The highest BCUT2D eigenvalue weighted by molar-refractivity contribution is 6.19. The first kappa shape index (κ1) is 15.2. The van der Waals surface area contributed by atoms with Gasteiger partial charge in [-0.1, -0.05) is 0 Å². The number of amides is 5. The number of hydrogen-bond donors (Lipinski definition) is 3. The molecule has 96 valence electrons. The molecule has 9 heteroatoms. The molecule has 0 heterocycles. The van der Waals surface area contributed by atoms with Crippen molar-refractivity contribution in [1.29, 1.82) is 0 Å². The van der Waals surface area contributed by atoms with Crippen LogP contribution in [0.1, 0.15) is 6.42 Å². The van der Waals surface area contributed by atoms with Crippen molar-refractivity contribution in [2.24, 2.45) is 11.5 Å². The van der Waals surface area contributed by atoms with Crippen LogP contribution in [0.2, 0.25) is 0 Å². The van der Waals surface area contributed by atoms with Gasteiger partial charge in [0, 0.05) is 12.3 Å². The molecule has 0 saturated carbocycles. The molecule has 5 amide bonds. The smallest absolute Gasteiger partial charge is 0.324 e. The Kier molecular flexibility index (Phi) is 6.64. The van der Waals surface area contributed by atoms with Crippen molar-refractivity contribution in [2.75, 3.05) is 19.0 Å². The third kappa shape index (κ3) is 7.12. The molecule has 0 atom stereocenters. The maximum absolute atomic E-state index is 11.4. The number of carbonyl (C=O) groups is 4. The van der Waals surface area contributed by atoms with Crippen molar-refractivity contribution in [3.63, 3.8) is 0 Å². The summed E-state index contributed by atoms with van der Waals surface area (Å²) >= 11 is 5.29. The summed E-state index contributed by atoms with van der Waals surface area (Å²) in [7, 11) is 0.